The van der Waals surface area contributed by atoms with E-state index < -0.39 is 5.41 Å². The van der Waals surface area contributed by atoms with Crippen LogP contribution in [-0.2, 0) is 16.2 Å². The summed E-state index contributed by atoms with van der Waals surface area (Å²) in [6, 6.07) is 45.1. The van der Waals surface area contributed by atoms with Gasteiger partial charge in [0, 0.05) is 11.1 Å². The first-order chi connectivity index (χ1) is 22.5. The third-order valence-electron chi connectivity index (χ3n) is 10.6. The van der Waals surface area contributed by atoms with Crippen molar-refractivity contribution in [3.05, 3.63) is 155 Å². The van der Waals surface area contributed by atoms with Crippen molar-refractivity contribution in [1.29, 1.82) is 0 Å². The highest BCUT2D eigenvalue weighted by atomic mass is 16.3. The lowest BCUT2D eigenvalue weighted by Gasteiger charge is -2.33. The van der Waals surface area contributed by atoms with E-state index in [-0.39, 0.29) is 10.8 Å². The predicted molar refractivity (Wildman–Crippen MR) is 197 cm³/mol. The SMILES string of the molecule is CC(C)(C)c1ccc2c(c1)C1(c3ccccc3-c3ccc(Nc4cccc5oc6ccccc6c45)cc31)c1cc(C(C)(C)C)ccc1-2. The number of furan rings is 1. The van der Waals surface area contributed by atoms with Crippen molar-refractivity contribution < 1.29 is 4.42 Å². The molecule has 1 heterocycles. The van der Waals surface area contributed by atoms with Gasteiger partial charge in [-0.3, -0.25) is 0 Å². The molecule has 1 N–H and O–H groups in total. The largest absolute Gasteiger partial charge is 0.456 e. The molecule has 0 unspecified atom stereocenters. The van der Waals surface area contributed by atoms with Gasteiger partial charge in [-0.05, 0) is 96.8 Å². The summed E-state index contributed by atoms with van der Waals surface area (Å²) in [4.78, 5) is 0. The zero-order valence-corrected chi connectivity index (χ0v) is 28.0. The lowest BCUT2D eigenvalue weighted by atomic mass is 9.68. The molecule has 0 saturated heterocycles. The Morgan fingerprint density at radius 1 is 0.489 bits per heavy atom. The Morgan fingerprint density at radius 3 is 1.72 bits per heavy atom. The molecule has 0 atom stereocenters. The summed E-state index contributed by atoms with van der Waals surface area (Å²) in [6.07, 6.45) is 0. The van der Waals surface area contributed by atoms with Crippen LogP contribution < -0.4 is 5.32 Å². The average molecular weight is 610 g/mol. The number of rotatable bonds is 2. The highest BCUT2D eigenvalue weighted by Gasteiger charge is 2.52. The van der Waals surface area contributed by atoms with Gasteiger partial charge in [0.15, 0.2) is 0 Å². The van der Waals surface area contributed by atoms with E-state index in [4.69, 9.17) is 4.42 Å². The fourth-order valence-electron chi connectivity index (χ4n) is 8.23. The number of benzene rings is 6. The molecule has 2 heteroatoms. The van der Waals surface area contributed by atoms with Crippen LogP contribution in [0.25, 0.3) is 44.2 Å². The molecule has 230 valence electrons. The maximum Gasteiger partial charge on any atom is 0.137 e. The van der Waals surface area contributed by atoms with Gasteiger partial charge in [-0.25, -0.2) is 0 Å². The number of fused-ring (bicyclic) bond motifs is 13. The van der Waals surface area contributed by atoms with Crippen molar-refractivity contribution in [2.75, 3.05) is 5.32 Å². The van der Waals surface area contributed by atoms with Crippen molar-refractivity contribution in [2.24, 2.45) is 0 Å². The standard InChI is InChI=1S/C45H39NO/c1-43(2,3)27-18-21-31-32-22-19-28(44(4,5)6)25-37(32)45(36(31)24-27)35-14-9-7-12-30(35)33-23-20-29(26-38(33)45)46-39-15-11-17-41-42(39)34-13-8-10-16-40(34)47-41/h7-26,46H,1-6H3. The fourth-order valence-corrected chi connectivity index (χ4v) is 8.23. The first-order valence-corrected chi connectivity index (χ1v) is 16.8. The Morgan fingerprint density at radius 2 is 1.04 bits per heavy atom. The number of hydrogen-bond acceptors (Lipinski definition) is 2. The Bertz CT molecular complexity index is 2350. The maximum atomic E-state index is 6.24. The van der Waals surface area contributed by atoms with Crippen molar-refractivity contribution >= 4 is 33.3 Å². The lowest BCUT2D eigenvalue weighted by Crippen LogP contribution is -2.27. The van der Waals surface area contributed by atoms with Crippen LogP contribution in [0.2, 0.25) is 0 Å². The molecule has 1 spiro atoms. The molecule has 6 aromatic carbocycles. The van der Waals surface area contributed by atoms with Gasteiger partial charge in [-0.1, -0.05) is 133 Å². The lowest BCUT2D eigenvalue weighted by molar-refractivity contribution is 0.586. The molecule has 7 aromatic rings. The number of para-hydroxylation sites is 1. The molecule has 2 aliphatic rings. The van der Waals surface area contributed by atoms with Gasteiger partial charge in [0.25, 0.3) is 0 Å². The second-order valence-electron chi connectivity index (χ2n) is 15.5. The number of anilines is 2. The number of hydrogen-bond donors (Lipinski definition) is 1. The zero-order valence-electron chi connectivity index (χ0n) is 28.0. The summed E-state index contributed by atoms with van der Waals surface area (Å²) >= 11 is 0. The minimum atomic E-state index is -0.425. The van der Waals surface area contributed by atoms with Gasteiger partial charge in [-0.15, -0.1) is 0 Å². The van der Waals surface area contributed by atoms with Crippen LogP contribution in [0.15, 0.2) is 126 Å². The van der Waals surface area contributed by atoms with Crippen LogP contribution in [0.1, 0.15) is 74.9 Å². The molecule has 9 rings (SSSR count). The van der Waals surface area contributed by atoms with Gasteiger partial charge in [0.1, 0.15) is 11.2 Å². The normalized spacial score (nSPS) is 14.3. The van der Waals surface area contributed by atoms with E-state index in [1.54, 1.807) is 0 Å². The van der Waals surface area contributed by atoms with E-state index in [1.807, 2.05) is 12.1 Å². The maximum absolute atomic E-state index is 6.24. The Kier molecular flexibility index (Phi) is 5.68. The topological polar surface area (TPSA) is 25.2 Å². The molecule has 0 bridgehead atoms. The van der Waals surface area contributed by atoms with Crippen LogP contribution in [0.3, 0.4) is 0 Å². The molecular formula is C45H39NO. The smallest absolute Gasteiger partial charge is 0.137 e. The summed E-state index contributed by atoms with van der Waals surface area (Å²) < 4.78 is 6.24. The predicted octanol–water partition coefficient (Wildman–Crippen LogP) is 12.3. The van der Waals surface area contributed by atoms with Crippen LogP contribution in [0.5, 0.6) is 0 Å². The highest BCUT2D eigenvalue weighted by molar-refractivity contribution is 6.12. The van der Waals surface area contributed by atoms with E-state index in [0.29, 0.717) is 0 Å². The van der Waals surface area contributed by atoms with E-state index in [9.17, 15) is 0 Å². The first kappa shape index (κ1) is 28.2. The first-order valence-electron chi connectivity index (χ1n) is 16.8. The monoisotopic (exact) mass is 609 g/mol. The zero-order chi connectivity index (χ0) is 32.3. The van der Waals surface area contributed by atoms with Gasteiger partial charge in [0.2, 0.25) is 0 Å². The summed E-state index contributed by atoms with van der Waals surface area (Å²) in [7, 11) is 0. The third kappa shape index (κ3) is 3.91. The minimum Gasteiger partial charge on any atom is -0.456 e. The second kappa shape index (κ2) is 9.48. The van der Waals surface area contributed by atoms with Gasteiger partial charge in [-0.2, -0.15) is 0 Å². The molecule has 2 aliphatic carbocycles. The third-order valence-corrected chi connectivity index (χ3v) is 10.6. The van der Waals surface area contributed by atoms with Gasteiger partial charge in [0.05, 0.1) is 16.5 Å². The molecule has 0 radical (unpaired) electrons. The van der Waals surface area contributed by atoms with Crippen molar-refractivity contribution in [3.63, 3.8) is 0 Å². The van der Waals surface area contributed by atoms with Crippen molar-refractivity contribution in [3.8, 4) is 22.3 Å². The highest BCUT2D eigenvalue weighted by Crippen LogP contribution is 2.63. The van der Waals surface area contributed by atoms with Crippen molar-refractivity contribution in [2.45, 2.75) is 57.8 Å². The second-order valence-corrected chi connectivity index (χ2v) is 15.5. The van der Waals surface area contributed by atoms with E-state index in [0.717, 1.165) is 33.3 Å². The van der Waals surface area contributed by atoms with Crippen LogP contribution in [-0.4, -0.2) is 0 Å². The molecule has 0 fully saturated rings. The molecule has 47 heavy (non-hydrogen) atoms. The summed E-state index contributed by atoms with van der Waals surface area (Å²) in [5, 5.41) is 6.08. The Labute approximate surface area is 277 Å². The quantitative estimate of drug-likeness (QED) is 0.211. The molecule has 0 amide bonds. The molecule has 0 saturated carbocycles. The minimum absolute atomic E-state index is 0.0258. The summed E-state index contributed by atoms with van der Waals surface area (Å²) in [5.74, 6) is 0. The Balaban J connectivity index is 1.33. The summed E-state index contributed by atoms with van der Waals surface area (Å²) in [5.41, 5.74) is 17.0. The fraction of sp³-hybridized carbons (Fsp3) is 0.200. The van der Waals surface area contributed by atoms with E-state index in [1.165, 1.54) is 55.6 Å². The van der Waals surface area contributed by atoms with E-state index >= 15 is 0 Å². The average Bonchev–Trinajstić information content (AvgIpc) is 3.67. The van der Waals surface area contributed by atoms with Crippen LogP contribution in [0.4, 0.5) is 11.4 Å². The molecule has 2 nitrogen and oxygen atoms in total. The molecule has 0 aliphatic heterocycles. The van der Waals surface area contributed by atoms with Crippen molar-refractivity contribution in [1.82, 2.24) is 0 Å². The molecule has 1 aromatic heterocycles. The van der Waals surface area contributed by atoms with Gasteiger partial charge >= 0.3 is 0 Å². The van der Waals surface area contributed by atoms with Crippen LogP contribution in [0, 0.1) is 0 Å². The number of nitrogens with one attached hydrogen (secondary N) is 1. The molecular weight excluding hydrogens is 571 g/mol. The Hall–Kier alpha value is -5.08. The van der Waals surface area contributed by atoms with E-state index in [2.05, 4.69) is 156 Å². The summed E-state index contributed by atoms with van der Waals surface area (Å²) in [6.45, 7) is 13.9. The van der Waals surface area contributed by atoms with Crippen LogP contribution >= 0.6 is 0 Å². The van der Waals surface area contributed by atoms with Gasteiger partial charge < -0.3 is 9.73 Å².